The van der Waals surface area contributed by atoms with Crippen molar-refractivity contribution in [3.8, 4) is 0 Å². The molecule has 94 valence electrons. The molecular weight excluding hydrogens is 231 g/mol. The number of ether oxygens (including phenoxy) is 1. The standard InChI is InChI=1S/C12H14F3NO/c1-12(4-8(16)5-12)17-6-7-2-9(13)11(15)10(14)3-7/h2-3,8H,4-6,16H2,1H3. The summed E-state index contributed by atoms with van der Waals surface area (Å²) < 4.78 is 44.1. The molecule has 1 aliphatic carbocycles. The smallest absolute Gasteiger partial charge is 0.194 e. The molecule has 0 bridgehead atoms. The van der Waals surface area contributed by atoms with Crippen LogP contribution in [0.4, 0.5) is 13.2 Å². The highest BCUT2D eigenvalue weighted by atomic mass is 19.2. The van der Waals surface area contributed by atoms with E-state index >= 15 is 0 Å². The molecule has 0 unspecified atom stereocenters. The van der Waals surface area contributed by atoms with Crippen molar-refractivity contribution in [2.45, 2.75) is 38.0 Å². The van der Waals surface area contributed by atoms with Crippen LogP contribution in [0.2, 0.25) is 0 Å². The zero-order valence-corrected chi connectivity index (χ0v) is 9.47. The molecule has 1 fully saturated rings. The van der Waals surface area contributed by atoms with E-state index in [1.807, 2.05) is 6.92 Å². The number of halogens is 3. The van der Waals surface area contributed by atoms with Crippen LogP contribution in [0.1, 0.15) is 25.3 Å². The maximum atomic E-state index is 12.9. The molecule has 17 heavy (non-hydrogen) atoms. The molecule has 0 saturated heterocycles. The Labute approximate surface area is 97.6 Å². The molecule has 0 atom stereocenters. The zero-order valence-electron chi connectivity index (χ0n) is 9.47. The molecule has 0 spiro atoms. The minimum atomic E-state index is -1.45. The van der Waals surface area contributed by atoms with Gasteiger partial charge in [0.25, 0.3) is 0 Å². The molecule has 0 aliphatic heterocycles. The lowest BCUT2D eigenvalue weighted by molar-refractivity contribution is -0.104. The highest BCUT2D eigenvalue weighted by Gasteiger charge is 2.39. The van der Waals surface area contributed by atoms with Gasteiger partial charge in [-0.05, 0) is 37.5 Å². The largest absolute Gasteiger partial charge is 0.370 e. The molecule has 2 nitrogen and oxygen atoms in total. The molecular formula is C12H14F3NO. The average Bonchev–Trinajstić information content (AvgIpc) is 2.21. The number of benzene rings is 1. The van der Waals surface area contributed by atoms with Crippen molar-refractivity contribution in [3.63, 3.8) is 0 Å². The number of rotatable bonds is 3. The quantitative estimate of drug-likeness (QED) is 0.830. The Morgan fingerprint density at radius 1 is 1.29 bits per heavy atom. The van der Waals surface area contributed by atoms with Crippen molar-refractivity contribution in [2.24, 2.45) is 5.73 Å². The van der Waals surface area contributed by atoms with E-state index in [0.29, 0.717) is 0 Å². The van der Waals surface area contributed by atoms with Gasteiger partial charge in [0.1, 0.15) is 0 Å². The van der Waals surface area contributed by atoms with Crippen molar-refractivity contribution in [1.29, 1.82) is 0 Å². The Morgan fingerprint density at radius 2 is 1.82 bits per heavy atom. The predicted octanol–water partition coefficient (Wildman–Crippen LogP) is 2.50. The van der Waals surface area contributed by atoms with Crippen LogP contribution >= 0.6 is 0 Å². The molecule has 0 aromatic heterocycles. The Balaban J connectivity index is 2.00. The van der Waals surface area contributed by atoms with Crippen LogP contribution in [0, 0.1) is 17.5 Å². The monoisotopic (exact) mass is 245 g/mol. The predicted molar refractivity (Wildman–Crippen MR) is 56.7 cm³/mol. The molecule has 1 aromatic rings. The first-order valence-corrected chi connectivity index (χ1v) is 5.42. The fourth-order valence-corrected chi connectivity index (χ4v) is 2.12. The second-order valence-corrected chi connectivity index (χ2v) is 4.78. The summed E-state index contributed by atoms with van der Waals surface area (Å²) in [6.45, 7) is 1.95. The summed E-state index contributed by atoms with van der Waals surface area (Å²) in [6, 6.07) is 2.02. The fraction of sp³-hybridized carbons (Fsp3) is 0.500. The van der Waals surface area contributed by atoms with E-state index in [1.54, 1.807) is 0 Å². The van der Waals surface area contributed by atoms with Crippen molar-refractivity contribution in [2.75, 3.05) is 0 Å². The van der Waals surface area contributed by atoms with Gasteiger partial charge in [0, 0.05) is 6.04 Å². The molecule has 2 rings (SSSR count). The first-order valence-electron chi connectivity index (χ1n) is 5.42. The van der Waals surface area contributed by atoms with Gasteiger partial charge in [0.2, 0.25) is 0 Å². The molecule has 1 aromatic carbocycles. The lowest BCUT2D eigenvalue weighted by Gasteiger charge is -2.43. The summed E-state index contributed by atoms with van der Waals surface area (Å²) in [5, 5.41) is 0. The van der Waals surface area contributed by atoms with Crippen molar-refractivity contribution in [3.05, 3.63) is 35.1 Å². The van der Waals surface area contributed by atoms with Gasteiger partial charge in [-0.2, -0.15) is 0 Å². The highest BCUT2D eigenvalue weighted by molar-refractivity contribution is 5.19. The summed E-state index contributed by atoms with van der Waals surface area (Å²) in [7, 11) is 0. The van der Waals surface area contributed by atoms with Crippen LogP contribution in [0.25, 0.3) is 0 Å². The first kappa shape index (κ1) is 12.4. The van der Waals surface area contributed by atoms with Crippen molar-refractivity contribution in [1.82, 2.24) is 0 Å². The minimum Gasteiger partial charge on any atom is -0.370 e. The molecule has 2 N–H and O–H groups in total. The van der Waals surface area contributed by atoms with Gasteiger partial charge in [-0.1, -0.05) is 0 Å². The third-order valence-electron chi connectivity index (χ3n) is 3.02. The minimum absolute atomic E-state index is 0.0529. The molecule has 0 radical (unpaired) electrons. The number of hydrogen-bond donors (Lipinski definition) is 1. The molecule has 1 aliphatic rings. The van der Waals surface area contributed by atoms with Crippen molar-refractivity contribution < 1.29 is 17.9 Å². The zero-order chi connectivity index (χ0) is 12.6. The molecule has 0 heterocycles. The lowest BCUT2D eigenvalue weighted by Crippen LogP contribution is -2.50. The Bertz CT molecular complexity index is 407. The fourth-order valence-electron chi connectivity index (χ4n) is 2.12. The third-order valence-corrected chi connectivity index (χ3v) is 3.02. The van der Waals surface area contributed by atoms with E-state index in [-0.39, 0.29) is 23.8 Å². The summed E-state index contributed by atoms with van der Waals surface area (Å²) in [5.41, 5.74) is 5.59. The average molecular weight is 245 g/mol. The maximum Gasteiger partial charge on any atom is 0.194 e. The van der Waals surface area contributed by atoms with Crippen LogP contribution < -0.4 is 5.73 Å². The van der Waals surface area contributed by atoms with E-state index in [2.05, 4.69) is 0 Å². The normalized spacial score (nSPS) is 27.9. The molecule has 0 amide bonds. The van der Waals surface area contributed by atoms with E-state index in [4.69, 9.17) is 10.5 Å². The SMILES string of the molecule is CC1(OCc2cc(F)c(F)c(F)c2)CC(N)C1. The van der Waals surface area contributed by atoms with Gasteiger partial charge >= 0.3 is 0 Å². The van der Waals surface area contributed by atoms with Crippen LogP contribution in [0.3, 0.4) is 0 Å². The Morgan fingerprint density at radius 3 is 2.29 bits per heavy atom. The molecule has 5 heteroatoms. The topological polar surface area (TPSA) is 35.2 Å². The lowest BCUT2D eigenvalue weighted by atomic mass is 9.77. The van der Waals surface area contributed by atoms with Crippen molar-refractivity contribution >= 4 is 0 Å². The van der Waals surface area contributed by atoms with Gasteiger partial charge < -0.3 is 10.5 Å². The molecule has 1 saturated carbocycles. The van der Waals surface area contributed by atoms with Crippen LogP contribution in [0.5, 0.6) is 0 Å². The summed E-state index contributed by atoms with van der Waals surface area (Å²) in [4.78, 5) is 0. The van der Waals surface area contributed by atoms with Crippen LogP contribution in [-0.4, -0.2) is 11.6 Å². The number of nitrogens with two attached hydrogens (primary N) is 1. The second kappa shape index (κ2) is 4.31. The van der Waals surface area contributed by atoms with Crippen LogP contribution in [-0.2, 0) is 11.3 Å². The van der Waals surface area contributed by atoms with E-state index < -0.39 is 17.5 Å². The summed E-state index contributed by atoms with van der Waals surface area (Å²) in [6.07, 6.45) is 1.44. The van der Waals surface area contributed by atoms with E-state index in [0.717, 1.165) is 25.0 Å². The van der Waals surface area contributed by atoms with Gasteiger partial charge in [-0.3, -0.25) is 0 Å². The Kier molecular flexibility index (Phi) is 3.14. The summed E-state index contributed by atoms with van der Waals surface area (Å²) >= 11 is 0. The third kappa shape index (κ3) is 2.61. The van der Waals surface area contributed by atoms with Gasteiger partial charge in [-0.25, -0.2) is 13.2 Å². The summed E-state index contributed by atoms with van der Waals surface area (Å²) in [5.74, 6) is -3.84. The number of hydrogen-bond acceptors (Lipinski definition) is 2. The van der Waals surface area contributed by atoms with Gasteiger partial charge in [-0.15, -0.1) is 0 Å². The van der Waals surface area contributed by atoms with Gasteiger partial charge in [0.15, 0.2) is 17.5 Å². The van der Waals surface area contributed by atoms with E-state index in [1.165, 1.54) is 0 Å². The second-order valence-electron chi connectivity index (χ2n) is 4.78. The van der Waals surface area contributed by atoms with E-state index in [9.17, 15) is 13.2 Å². The Hall–Kier alpha value is -1.07. The maximum absolute atomic E-state index is 12.9. The first-order chi connectivity index (χ1) is 7.89. The van der Waals surface area contributed by atoms with Crippen LogP contribution in [0.15, 0.2) is 12.1 Å². The van der Waals surface area contributed by atoms with Gasteiger partial charge in [0.05, 0.1) is 12.2 Å². The highest BCUT2D eigenvalue weighted by Crippen LogP contribution is 2.35.